The molecule has 8 heteroatoms. The second kappa shape index (κ2) is 7.37. The molecule has 1 N–H and O–H groups in total. The molecule has 23 heavy (non-hydrogen) atoms. The van der Waals surface area contributed by atoms with Crippen LogP contribution >= 0.6 is 0 Å². The summed E-state index contributed by atoms with van der Waals surface area (Å²) in [6.45, 7) is 3.67. The lowest BCUT2D eigenvalue weighted by Crippen LogP contribution is -2.54. The quantitative estimate of drug-likeness (QED) is 0.841. The molecule has 1 aromatic carbocycles. The summed E-state index contributed by atoms with van der Waals surface area (Å²) < 4.78 is 37.9. The lowest BCUT2D eigenvalue weighted by Gasteiger charge is -2.36. The van der Waals surface area contributed by atoms with Gasteiger partial charge in [-0.3, -0.25) is 9.69 Å². The molecule has 0 saturated carbocycles. The second-order valence-corrected chi connectivity index (χ2v) is 7.67. The molecule has 0 bridgehead atoms. The van der Waals surface area contributed by atoms with Gasteiger partial charge in [0.15, 0.2) is 0 Å². The standard InChI is InChI=1S/C15H22FN3O3S/c1-12(18-7-9-19(10-8-18)23(2,21)22)15(20)17-11-13-5-3-4-6-14(13)16/h3-6,12H,7-11H2,1-2H3,(H,17,20)/t12-/m1/s1. The van der Waals surface area contributed by atoms with Crippen LogP contribution in [0, 0.1) is 5.82 Å². The minimum atomic E-state index is -3.18. The highest BCUT2D eigenvalue weighted by molar-refractivity contribution is 7.88. The van der Waals surface area contributed by atoms with E-state index in [1.165, 1.54) is 16.6 Å². The number of nitrogens with one attached hydrogen (secondary N) is 1. The number of rotatable bonds is 5. The van der Waals surface area contributed by atoms with E-state index in [1.54, 1.807) is 25.1 Å². The maximum absolute atomic E-state index is 13.5. The molecule has 1 heterocycles. The van der Waals surface area contributed by atoms with Crippen LogP contribution in [0.5, 0.6) is 0 Å². The average molecular weight is 343 g/mol. The minimum absolute atomic E-state index is 0.138. The molecule has 0 spiro atoms. The van der Waals surface area contributed by atoms with Crippen LogP contribution in [0.25, 0.3) is 0 Å². The lowest BCUT2D eigenvalue weighted by atomic mass is 10.2. The maximum atomic E-state index is 13.5. The number of sulfonamides is 1. The fourth-order valence-electron chi connectivity index (χ4n) is 2.56. The van der Waals surface area contributed by atoms with E-state index in [0.717, 1.165) is 0 Å². The Labute approximate surface area is 136 Å². The Kier molecular flexibility index (Phi) is 5.72. The summed E-state index contributed by atoms with van der Waals surface area (Å²) in [6.07, 6.45) is 1.19. The molecular formula is C15H22FN3O3S. The Bertz CT molecular complexity index is 658. The molecular weight excluding hydrogens is 321 g/mol. The van der Waals surface area contributed by atoms with Crippen molar-refractivity contribution in [3.63, 3.8) is 0 Å². The SMILES string of the molecule is C[C@H](C(=O)NCc1ccccc1F)N1CCN(S(C)(=O)=O)CC1. The van der Waals surface area contributed by atoms with Gasteiger partial charge in [-0.25, -0.2) is 12.8 Å². The smallest absolute Gasteiger partial charge is 0.237 e. The van der Waals surface area contributed by atoms with Gasteiger partial charge in [0.2, 0.25) is 15.9 Å². The predicted molar refractivity (Wildman–Crippen MR) is 85.7 cm³/mol. The molecule has 1 aliphatic rings. The van der Waals surface area contributed by atoms with E-state index in [9.17, 15) is 17.6 Å². The third-order valence-corrected chi connectivity index (χ3v) is 5.38. The highest BCUT2D eigenvalue weighted by Crippen LogP contribution is 2.10. The normalized spacial score (nSPS) is 18.6. The monoisotopic (exact) mass is 343 g/mol. The largest absolute Gasteiger partial charge is 0.351 e. The molecule has 1 atom stereocenters. The van der Waals surface area contributed by atoms with Gasteiger partial charge < -0.3 is 5.32 Å². The van der Waals surface area contributed by atoms with E-state index in [0.29, 0.717) is 31.7 Å². The summed E-state index contributed by atoms with van der Waals surface area (Å²) in [4.78, 5) is 14.1. The zero-order valence-electron chi connectivity index (χ0n) is 13.3. The van der Waals surface area contributed by atoms with Crippen LogP contribution in [0.15, 0.2) is 24.3 Å². The van der Waals surface area contributed by atoms with Gasteiger partial charge in [0.1, 0.15) is 5.82 Å². The number of hydrogen-bond donors (Lipinski definition) is 1. The van der Waals surface area contributed by atoms with Crippen LogP contribution in [0.3, 0.4) is 0 Å². The summed E-state index contributed by atoms with van der Waals surface area (Å²) in [5.41, 5.74) is 0.440. The first-order chi connectivity index (χ1) is 10.8. The van der Waals surface area contributed by atoms with Crippen molar-refractivity contribution < 1.29 is 17.6 Å². The molecule has 1 aliphatic heterocycles. The van der Waals surface area contributed by atoms with Crippen molar-refractivity contribution in [3.05, 3.63) is 35.6 Å². The van der Waals surface area contributed by atoms with Crippen LogP contribution in [0.2, 0.25) is 0 Å². The van der Waals surface area contributed by atoms with Crippen molar-refractivity contribution in [3.8, 4) is 0 Å². The number of benzene rings is 1. The average Bonchev–Trinajstić information content (AvgIpc) is 2.52. The number of piperazine rings is 1. The topological polar surface area (TPSA) is 69.7 Å². The zero-order valence-corrected chi connectivity index (χ0v) is 14.1. The Morgan fingerprint density at radius 1 is 1.26 bits per heavy atom. The fourth-order valence-corrected chi connectivity index (χ4v) is 3.39. The summed E-state index contributed by atoms with van der Waals surface area (Å²) in [6, 6.07) is 5.92. The van der Waals surface area contributed by atoms with Gasteiger partial charge in [0.25, 0.3) is 0 Å². The molecule has 1 aromatic rings. The van der Waals surface area contributed by atoms with Crippen molar-refractivity contribution in [2.75, 3.05) is 32.4 Å². The number of amides is 1. The number of halogens is 1. The van der Waals surface area contributed by atoms with Crippen molar-refractivity contribution in [2.24, 2.45) is 0 Å². The maximum Gasteiger partial charge on any atom is 0.237 e. The van der Waals surface area contributed by atoms with E-state index >= 15 is 0 Å². The van der Waals surface area contributed by atoms with E-state index in [2.05, 4.69) is 5.32 Å². The summed E-state index contributed by atoms with van der Waals surface area (Å²) in [7, 11) is -3.18. The van der Waals surface area contributed by atoms with Crippen LogP contribution in [0.1, 0.15) is 12.5 Å². The minimum Gasteiger partial charge on any atom is -0.351 e. The van der Waals surface area contributed by atoms with Gasteiger partial charge in [0, 0.05) is 38.3 Å². The molecule has 1 amide bonds. The molecule has 0 unspecified atom stereocenters. The van der Waals surface area contributed by atoms with Gasteiger partial charge in [-0.1, -0.05) is 18.2 Å². The molecule has 0 radical (unpaired) electrons. The van der Waals surface area contributed by atoms with Crippen molar-refractivity contribution in [1.82, 2.24) is 14.5 Å². The third-order valence-electron chi connectivity index (χ3n) is 4.08. The molecule has 1 saturated heterocycles. The molecule has 6 nitrogen and oxygen atoms in total. The first-order valence-corrected chi connectivity index (χ1v) is 9.34. The van der Waals surface area contributed by atoms with E-state index in [4.69, 9.17) is 0 Å². The fraction of sp³-hybridized carbons (Fsp3) is 0.533. The van der Waals surface area contributed by atoms with Gasteiger partial charge in [-0.05, 0) is 13.0 Å². The number of nitrogens with zero attached hydrogens (tertiary/aromatic N) is 2. The predicted octanol–water partition coefficient (Wildman–Crippen LogP) is 0.408. The van der Waals surface area contributed by atoms with Crippen LogP contribution in [0.4, 0.5) is 4.39 Å². The van der Waals surface area contributed by atoms with Gasteiger partial charge in [-0.2, -0.15) is 4.31 Å². The van der Waals surface area contributed by atoms with Crippen LogP contribution in [-0.2, 0) is 21.4 Å². The third kappa shape index (κ3) is 4.73. The molecule has 2 rings (SSSR count). The molecule has 1 fully saturated rings. The van der Waals surface area contributed by atoms with Crippen molar-refractivity contribution in [1.29, 1.82) is 0 Å². The number of carbonyl (C=O) groups excluding carboxylic acids is 1. The Balaban J connectivity index is 1.85. The summed E-state index contributed by atoms with van der Waals surface area (Å²) >= 11 is 0. The highest BCUT2D eigenvalue weighted by atomic mass is 32.2. The number of carbonyl (C=O) groups is 1. The first kappa shape index (κ1) is 17.8. The Morgan fingerprint density at radius 2 is 1.87 bits per heavy atom. The lowest BCUT2D eigenvalue weighted by molar-refractivity contribution is -0.126. The van der Waals surface area contributed by atoms with Crippen molar-refractivity contribution >= 4 is 15.9 Å². The second-order valence-electron chi connectivity index (χ2n) is 5.68. The van der Waals surface area contributed by atoms with Crippen LogP contribution in [-0.4, -0.2) is 62.0 Å². The van der Waals surface area contributed by atoms with Gasteiger partial charge in [-0.15, -0.1) is 0 Å². The van der Waals surface area contributed by atoms with Gasteiger partial charge in [0.05, 0.1) is 12.3 Å². The highest BCUT2D eigenvalue weighted by Gasteiger charge is 2.28. The van der Waals surface area contributed by atoms with Crippen molar-refractivity contribution in [2.45, 2.75) is 19.5 Å². The Morgan fingerprint density at radius 3 is 2.43 bits per heavy atom. The van der Waals surface area contributed by atoms with E-state index in [-0.39, 0.29) is 24.3 Å². The Hall–Kier alpha value is -1.51. The van der Waals surface area contributed by atoms with Gasteiger partial charge >= 0.3 is 0 Å². The molecule has 0 aliphatic carbocycles. The molecule has 0 aromatic heterocycles. The number of hydrogen-bond acceptors (Lipinski definition) is 4. The van der Waals surface area contributed by atoms with E-state index in [1.807, 2.05) is 4.90 Å². The first-order valence-electron chi connectivity index (χ1n) is 7.49. The summed E-state index contributed by atoms with van der Waals surface area (Å²) in [5, 5.41) is 2.73. The zero-order chi connectivity index (χ0) is 17.0. The van der Waals surface area contributed by atoms with Crippen LogP contribution < -0.4 is 5.32 Å². The summed E-state index contributed by atoms with van der Waals surface area (Å²) in [5.74, 6) is -0.539. The molecule has 128 valence electrons. The van der Waals surface area contributed by atoms with E-state index < -0.39 is 10.0 Å².